The predicted octanol–water partition coefficient (Wildman–Crippen LogP) is 4.91. The fourth-order valence-corrected chi connectivity index (χ4v) is 6.04. The summed E-state index contributed by atoms with van der Waals surface area (Å²) < 4.78 is 75.0. The van der Waals surface area contributed by atoms with Crippen molar-refractivity contribution in [2.75, 3.05) is 17.2 Å². The summed E-state index contributed by atoms with van der Waals surface area (Å²) in [7, 11) is -3.00. The van der Waals surface area contributed by atoms with Crippen LogP contribution in [0, 0.1) is 17.5 Å². The van der Waals surface area contributed by atoms with Gasteiger partial charge in [0.25, 0.3) is 0 Å². The van der Waals surface area contributed by atoms with Crippen LogP contribution in [0.4, 0.5) is 18.2 Å². The topological polar surface area (TPSA) is 66.8 Å². The van der Waals surface area contributed by atoms with Crippen LogP contribution in [0.25, 0.3) is 10.1 Å². The van der Waals surface area contributed by atoms with E-state index < -0.39 is 50.9 Å². The minimum atomic E-state index is -3.99. The first kappa shape index (κ1) is 23.4. The Bertz CT molecular complexity index is 1230. The van der Waals surface area contributed by atoms with E-state index in [1.807, 2.05) is 0 Å². The van der Waals surface area contributed by atoms with Crippen molar-refractivity contribution >= 4 is 36.4 Å². The molecule has 0 spiro atoms. The molecular formula is C21H22F3NO4S2. The highest BCUT2D eigenvalue weighted by atomic mass is 32.2. The maximum absolute atomic E-state index is 14.8. The van der Waals surface area contributed by atoms with Gasteiger partial charge in [0.1, 0.15) is 5.00 Å². The van der Waals surface area contributed by atoms with Crippen LogP contribution >= 0.6 is 11.3 Å². The molecule has 2 aromatic carbocycles. The van der Waals surface area contributed by atoms with Crippen LogP contribution in [0.15, 0.2) is 30.3 Å². The minimum absolute atomic E-state index is 0.179. The molecule has 0 saturated heterocycles. The molecule has 0 atom stereocenters. The molecule has 0 amide bonds. The maximum atomic E-state index is 14.8. The lowest BCUT2D eigenvalue weighted by Gasteiger charge is -2.28. The highest BCUT2D eigenvalue weighted by Gasteiger charge is 2.34. The summed E-state index contributed by atoms with van der Waals surface area (Å²) in [6, 6.07) is 7.67. The number of sulfonamides is 1. The third-order valence-electron chi connectivity index (χ3n) is 4.83. The number of rotatable bonds is 7. The Morgan fingerprint density at radius 1 is 1.16 bits per heavy atom. The number of fused-ring (bicyclic) bond motifs is 1. The number of anilines is 1. The SMILES string of the molecule is CCS(=O)(=O)N(Cc1cc(F)c(F)c(OC)c1F)c1sc2ccccc2c1C(C)(C)O. The van der Waals surface area contributed by atoms with Crippen LogP contribution in [-0.4, -0.2) is 26.4 Å². The summed E-state index contributed by atoms with van der Waals surface area (Å²) >= 11 is 1.11. The second-order valence-electron chi connectivity index (χ2n) is 7.42. The zero-order valence-corrected chi connectivity index (χ0v) is 19.0. The van der Waals surface area contributed by atoms with Gasteiger partial charge in [-0.05, 0) is 32.9 Å². The van der Waals surface area contributed by atoms with E-state index in [4.69, 9.17) is 0 Å². The molecule has 0 bridgehead atoms. The van der Waals surface area contributed by atoms with E-state index in [9.17, 15) is 26.7 Å². The predicted molar refractivity (Wildman–Crippen MR) is 116 cm³/mol. The summed E-state index contributed by atoms with van der Waals surface area (Å²) in [6.45, 7) is 3.85. The number of thiophene rings is 1. The molecule has 3 rings (SSSR count). The van der Waals surface area contributed by atoms with Crippen molar-refractivity contribution in [3.8, 4) is 5.75 Å². The number of methoxy groups -OCH3 is 1. The Labute approximate surface area is 182 Å². The third-order valence-corrected chi connectivity index (χ3v) is 7.85. The van der Waals surface area contributed by atoms with Crippen molar-refractivity contribution in [3.63, 3.8) is 0 Å². The minimum Gasteiger partial charge on any atom is -0.491 e. The van der Waals surface area contributed by atoms with Gasteiger partial charge in [-0.15, -0.1) is 11.3 Å². The zero-order chi connectivity index (χ0) is 23.1. The number of aliphatic hydroxyl groups is 1. The Hall–Kier alpha value is -2.30. The molecule has 0 unspecified atom stereocenters. The first-order chi connectivity index (χ1) is 14.4. The molecule has 10 heteroatoms. The number of halogens is 3. The molecule has 3 aromatic rings. The number of nitrogens with zero attached hydrogens (tertiary/aromatic N) is 1. The van der Waals surface area contributed by atoms with Gasteiger partial charge < -0.3 is 9.84 Å². The molecule has 31 heavy (non-hydrogen) atoms. The number of hydrogen-bond donors (Lipinski definition) is 1. The average molecular weight is 474 g/mol. The van der Waals surface area contributed by atoms with Gasteiger partial charge in [-0.3, -0.25) is 4.31 Å². The fourth-order valence-electron chi connectivity index (χ4n) is 3.33. The molecule has 0 aliphatic carbocycles. The third kappa shape index (κ3) is 4.24. The van der Waals surface area contributed by atoms with Crippen LogP contribution in [0.5, 0.6) is 5.75 Å². The molecule has 0 aliphatic heterocycles. The summed E-state index contributed by atoms with van der Waals surface area (Å²) in [5, 5.41) is 11.6. The van der Waals surface area contributed by atoms with Gasteiger partial charge in [0.15, 0.2) is 17.4 Å². The first-order valence-corrected chi connectivity index (χ1v) is 11.8. The fraction of sp³-hybridized carbons (Fsp3) is 0.333. The smallest absolute Gasteiger partial charge is 0.235 e. The van der Waals surface area contributed by atoms with Gasteiger partial charge in [-0.25, -0.2) is 17.2 Å². The first-order valence-electron chi connectivity index (χ1n) is 9.37. The number of hydrogen-bond acceptors (Lipinski definition) is 5. The molecule has 1 aromatic heterocycles. The summed E-state index contributed by atoms with van der Waals surface area (Å²) in [5.74, 6) is -5.30. The van der Waals surface area contributed by atoms with E-state index in [0.29, 0.717) is 21.7 Å². The largest absolute Gasteiger partial charge is 0.491 e. The van der Waals surface area contributed by atoms with Crippen molar-refractivity contribution in [2.24, 2.45) is 0 Å². The van der Waals surface area contributed by atoms with E-state index in [1.165, 1.54) is 20.8 Å². The lowest BCUT2D eigenvalue weighted by molar-refractivity contribution is 0.0811. The van der Waals surface area contributed by atoms with Crippen LogP contribution < -0.4 is 9.04 Å². The Kier molecular flexibility index (Phi) is 6.28. The van der Waals surface area contributed by atoms with Gasteiger partial charge in [-0.2, -0.15) is 4.39 Å². The van der Waals surface area contributed by atoms with Crippen molar-refractivity contribution < 1.29 is 31.4 Å². The highest BCUT2D eigenvalue weighted by molar-refractivity contribution is 7.92. The van der Waals surface area contributed by atoms with Crippen LogP contribution in [0.3, 0.4) is 0 Å². The highest BCUT2D eigenvalue weighted by Crippen LogP contribution is 2.45. The van der Waals surface area contributed by atoms with E-state index in [2.05, 4.69) is 4.74 Å². The summed E-state index contributed by atoms with van der Waals surface area (Å²) in [5.41, 5.74) is -1.48. The normalized spacial score (nSPS) is 12.4. The van der Waals surface area contributed by atoms with Crippen molar-refractivity contribution in [3.05, 3.63) is 58.9 Å². The van der Waals surface area contributed by atoms with E-state index in [0.717, 1.165) is 22.8 Å². The van der Waals surface area contributed by atoms with E-state index in [-0.39, 0.29) is 10.8 Å². The Morgan fingerprint density at radius 2 is 1.81 bits per heavy atom. The molecule has 5 nitrogen and oxygen atoms in total. The molecule has 0 saturated carbocycles. The molecule has 0 radical (unpaired) electrons. The van der Waals surface area contributed by atoms with Gasteiger partial charge in [0.05, 0.1) is 25.0 Å². The second kappa shape index (κ2) is 8.33. The standard InChI is InChI=1S/C21H22F3NO4S2/c1-5-31(27,28)25(11-12-10-14(22)18(24)19(29-4)17(12)23)20-16(21(2,3)26)13-8-6-7-9-15(13)30-20/h6-10,26H,5,11H2,1-4H3. The van der Waals surface area contributed by atoms with Crippen molar-refractivity contribution in [1.29, 1.82) is 0 Å². The molecule has 1 N–H and O–H groups in total. The molecule has 1 heterocycles. The lowest BCUT2D eigenvalue weighted by atomic mass is 9.96. The Morgan fingerprint density at radius 3 is 2.39 bits per heavy atom. The van der Waals surface area contributed by atoms with Gasteiger partial charge in [0, 0.05) is 21.2 Å². The van der Waals surface area contributed by atoms with Crippen molar-refractivity contribution in [2.45, 2.75) is 32.9 Å². The van der Waals surface area contributed by atoms with E-state index in [1.54, 1.807) is 24.3 Å². The summed E-state index contributed by atoms with van der Waals surface area (Å²) in [4.78, 5) is 0. The Balaban J connectivity index is 2.29. The summed E-state index contributed by atoms with van der Waals surface area (Å²) in [6.07, 6.45) is 0. The lowest BCUT2D eigenvalue weighted by Crippen LogP contribution is -2.33. The monoisotopic (exact) mass is 473 g/mol. The zero-order valence-electron chi connectivity index (χ0n) is 17.4. The molecule has 0 fully saturated rings. The van der Waals surface area contributed by atoms with Gasteiger partial charge >= 0.3 is 0 Å². The van der Waals surface area contributed by atoms with E-state index >= 15 is 0 Å². The van der Waals surface area contributed by atoms with Gasteiger partial charge in [0.2, 0.25) is 15.8 Å². The molecule has 0 aliphatic rings. The maximum Gasteiger partial charge on any atom is 0.235 e. The average Bonchev–Trinajstić information content (AvgIpc) is 3.09. The van der Waals surface area contributed by atoms with Crippen LogP contribution in [-0.2, 0) is 22.2 Å². The number of benzene rings is 2. The van der Waals surface area contributed by atoms with Gasteiger partial charge in [-0.1, -0.05) is 18.2 Å². The van der Waals surface area contributed by atoms with Crippen molar-refractivity contribution in [1.82, 2.24) is 0 Å². The molecular weight excluding hydrogens is 451 g/mol. The number of ether oxygens (including phenoxy) is 1. The van der Waals surface area contributed by atoms with Crippen LogP contribution in [0.1, 0.15) is 31.9 Å². The quantitative estimate of drug-likeness (QED) is 0.495. The van der Waals surface area contributed by atoms with Crippen LogP contribution in [0.2, 0.25) is 0 Å². The second-order valence-corrected chi connectivity index (χ2v) is 10.6. The molecule has 168 valence electrons.